The topological polar surface area (TPSA) is 69.6 Å². The third-order valence-electron chi connectivity index (χ3n) is 3.44. The number of carboxylic acids is 1. The summed E-state index contributed by atoms with van der Waals surface area (Å²) >= 11 is 0. The molecular formula is C17H25F4NO3. The molecule has 0 bridgehead atoms. The lowest BCUT2D eigenvalue weighted by molar-refractivity contribution is -0.192. The highest BCUT2D eigenvalue weighted by Crippen LogP contribution is 2.20. The van der Waals surface area contributed by atoms with Crippen LogP contribution in [0.3, 0.4) is 0 Å². The molecule has 3 N–H and O–H groups in total. The molecular weight excluding hydrogens is 342 g/mol. The summed E-state index contributed by atoms with van der Waals surface area (Å²) in [6.07, 6.45) is -4.46. The van der Waals surface area contributed by atoms with Crippen LogP contribution in [0.5, 0.6) is 0 Å². The van der Waals surface area contributed by atoms with Gasteiger partial charge in [-0.1, -0.05) is 39.0 Å². The fraction of sp³-hybridized carbons (Fsp3) is 0.588. The predicted molar refractivity (Wildman–Crippen MR) is 86.7 cm³/mol. The van der Waals surface area contributed by atoms with Gasteiger partial charge in [-0.15, -0.1) is 0 Å². The molecule has 0 spiro atoms. The molecule has 0 radical (unpaired) electrons. The molecule has 2 atom stereocenters. The van der Waals surface area contributed by atoms with Crippen molar-refractivity contribution >= 4 is 5.97 Å². The van der Waals surface area contributed by atoms with E-state index in [2.05, 4.69) is 26.1 Å². The normalized spacial score (nSPS) is 14.3. The first-order chi connectivity index (χ1) is 11.3. The Bertz CT molecular complexity index is 541. The van der Waals surface area contributed by atoms with Gasteiger partial charge < -0.3 is 15.5 Å². The molecule has 0 aromatic heterocycles. The summed E-state index contributed by atoms with van der Waals surface area (Å²) in [5, 5.41) is 19.9. The second-order valence-corrected chi connectivity index (χ2v) is 6.77. The molecule has 0 fully saturated rings. The molecule has 0 saturated heterocycles. The fourth-order valence-corrected chi connectivity index (χ4v) is 1.97. The van der Waals surface area contributed by atoms with E-state index >= 15 is 0 Å². The Balaban J connectivity index is 0.000000697. The van der Waals surface area contributed by atoms with Crippen LogP contribution >= 0.6 is 0 Å². The molecule has 0 aliphatic rings. The zero-order chi connectivity index (χ0) is 19.8. The summed E-state index contributed by atoms with van der Waals surface area (Å²) in [6.45, 7) is 8.34. The van der Waals surface area contributed by atoms with Crippen molar-refractivity contribution in [3.05, 3.63) is 35.6 Å². The Morgan fingerprint density at radius 3 is 2.04 bits per heavy atom. The highest BCUT2D eigenvalue weighted by molar-refractivity contribution is 5.73. The number of hydrogen-bond acceptors (Lipinski definition) is 3. The van der Waals surface area contributed by atoms with E-state index in [1.807, 2.05) is 13.0 Å². The van der Waals surface area contributed by atoms with Crippen LogP contribution in [0.15, 0.2) is 24.3 Å². The molecule has 1 rings (SSSR count). The predicted octanol–water partition coefficient (Wildman–Crippen LogP) is 3.39. The highest BCUT2D eigenvalue weighted by atomic mass is 19.4. The Morgan fingerprint density at radius 1 is 1.20 bits per heavy atom. The van der Waals surface area contributed by atoms with E-state index in [0.29, 0.717) is 12.0 Å². The van der Waals surface area contributed by atoms with Crippen LogP contribution in [0.4, 0.5) is 17.6 Å². The van der Waals surface area contributed by atoms with Crippen molar-refractivity contribution in [3.63, 3.8) is 0 Å². The number of alkyl halides is 3. The van der Waals surface area contributed by atoms with Gasteiger partial charge in [0.1, 0.15) is 5.82 Å². The summed E-state index contributed by atoms with van der Waals surface area (Å²) in [5.74, 6) is -2.92. The molecule has 1 aromatic carbocycles. The number of nitrogens with one attached hydrogen (secondary N) is 1. The van der Waals surface area contributed by atoms with E-state index < -0.39 is 12.1 Å². The molecule has 0 saturated carbocycles. The standard InChI is InChI=1S/C15H24FNO.C2HF3O2/c1-11(17-14(10-18)15(2,3)4)9-12-7-5-6-8-13(12)16;3-2(4,5)1(6)7/h5-8,11,14,17-18H,9-10H2,1-4H3;(H,6,7)/t11?,14-;/m1./s1. The Kier molecular flexibility index (Phi) is 9.07. The van der Waals surface area contributed by atoms with Gasteiger partial charge in [0.25, 0.3) is 0 Å². The van der Waals surface area contributed by atoms with Gasteiger partial charge in [-0.05, 0) is 30.4 Å². The quantitative estimate of drug-likeness (QED) is 0.698. The molecule has 0 amide bonds. The number of aliphatic carboxylic acids is 1. The summed E-state index contributed by atoms with van der Waals surface area (Å²) in [5.41, 5.74) is 0.696. The molecule has 0 aliphatic heterocycles. The maximum Gasteiger partial charge on any atom is 0.490 e. The van der Waals surface area contributed by atoms with E-state index in [-0.39, 0.29) is 29.9 Å². The van der Waals surface area contributed by atoms with Gasteiger partial charge in [0.2, 0.25) is 0 Å². The van der Waals surface area contributed by atoms with Crippen LogP contribution in [-0.4, -0.2) is 41.0 Å². The van der Waals surface area contributed by atoms with Crippen molar-refractivity contribution in [1.82, 2.24) is 5.32 Å². The average molecular weight is 367 g/mol. The molecule has 25 heavy (non-hydrogen) atoms. The number of aliphatic hydroxyl groups excluding tert-OH is 1. The molecule has 4 nitrogen and oxygen atoms in total. The van der Waals surface area contributed by atoms with Crippen molar-refractivity contribution < 1.29 is 32.6 Å². The Morgan fingerprint density at radius 2 is 1.68 bits per heavy atom. The fourth-order valence-electron chi connectivity index (χ4n) is 1.97. The minimum atomic E-state index is -5.08. The second-order valence-electron chi connectivity index (χ2n) is 6.77. The highest BCUT2D eigenvalue weighted by Gasteiger charge is 2.38. The third-order valence-corrected chi connectivity index (χ3v) is 3.44. The lowest BCUT2D eigenvalue weighted by Gasteiger charge is -2.32. The van der Waals surface area contributed by atoms with Crippen molar-refractivity contribution in [3.8, 4) is 0 Å². The van der Waals surface area contributed by atoms with Crippen LogP contribution in [0.1, 0.15) is 33.3 Å². The Hall–Kier alpha value is -1.67. The third kappa shape index (κ3) is 9.40. The average Bonchev–Trinajstić information content (AvgIpc) is 2.45. The van der Waals surface area contributed by atoms with Gasteiger partial charge in [-0.2, -0.15) is 13.2 Å². The first kappa shape index (κ1) is 23.3. The van der Waals surface area contributed by atoms with Gasteiger partial charge in [0, 0.05) is 12.1 Å². The monoisotopic (exact) mass is 367 g/mol. The number of benzene rings is 1. The van der Waals surface area contributed by atoms with Crippen molar-refractivity contribution in [2.24, 2.45) is 5.41 Å². The number of carbonyl (C=O) groups is 1. The summed E-state index contributed by atoms with van der Waals surface area (Å²) < 4.78 is 45.3. The minimum absolute atomic E-state index is 0.0132. The van der Waals surface area contributed by atoms with E-state index in [1.54, 1.807) is 12.1 Å². The van der Waals surface area contributed by atoms with Gasteiger partial charge in [-0.3, -0.25) is 0 Å². The van der Waals surface area contributed by atoms with Crippen molar-refractivity contribution in [2.45, 2.75) is 52.4 Å². The molecule has 1 aromatic rings. The first-order valence-corrected chi connectivity index (χ1v) is 7.69. The van der Waals surface area contributed by atoms with Gasteiger partial charge in [0.05, 0.1) is 6.61 Å². The SMILES string of the molecule is CC(Cc1ccccc1F)N[C@H](CO)C(C)(C)C.O=C(O)C(F)(F)F. The van der Waals surface area contributed by atoms with Crippen LogP contribution in [-0.2, 0) is 11.2 Å². The number of aliphatic hydroxyl groups is 1. The van der Waals surface area contributed by atoms with Crippen LogP contribution in [0.25, 0.3) is 0 Å². The van der Waals surface area contributed by atoms with Crippen molar-refractivity contribution in [1.29, 1.82) is 0 Å². The molecule has 0 aliphatic carbocycles. The smallest absolute Gasteiger partial charge is 0.475 e. The van der Waals surface area contributed by atoms with Gasteiger partial charge >= 0.3 is 12.1 Å². The lowest BCUT2D eigenvalue weighted by atomic mass is 9.86. The Labute approximate surface area is 144 Å². The molecule has 0 heterocycles. The van der Waals surface area contributed by atoms with Crippen LogP contribution < -0.4 is 5.32 Å². The van der Waals surface area contributed by atoms with Crippen LogP contribution in [0.2, 0.25) is 0 Å². The lowest BCUT2D eigenvalue weighted by Crippen LogP contribution is -2.47. The summed E-state index contributed by atoms with van der Waals surface area (Å²) in [6, 6.07) is 6.96. The van der Waals surface area contributed by atoms with Crippen molar-refractivity contribution in [2.75, 3.05) is 6.61 Å². The van der Waals surface area contributed by atoms with Gasteiger partial charge in [-0.25, -0.2) is 9.18 Å². The maximum atomic E-state index is 13.5. The largest absolute Gasteiger partial charge is 0.490 e. The number of rotatable bonds is 5. The number of halogens is 4. The van der Waals surface area contributed by atoms with E-state index in [4.69, 9.17) is 9.90 Å². The van der Waals surface area contributed by atoms with E-state index in [9.17, 15) is 22.7 Å². The maximum absolute atomic E-state index is 13.5. The zero-order valence-corrected chi connectivity index (χ0v) is 14.7. The molecule has 1 unspecified atom stereocenters. The van der Waals surface area contributed by atoms with E-state index in [1.165, 1.54) is 6.07 Å². The van der Waals surface area contributed by atoms with Crippen LogP contribution in [0, 0.1) is 11.2 Å². The zero-order valence-electron chi connectivity index (χ0n) is 14.7. The second kappa shape index (κ2) is 9.72. The van der Waals surface area contributed by atoms with E-state index in [0.717, 1.165) is 0 Å². The first-order valence-electron chi connectivity index (χ1n) is 7.69. The minimum Gasteiger partial charge on any atom is -0.475 e. The molecule has 144 valence electrons. The summed E-state index contributed by atoms with van der Waals surface area (Å²) in [4.78, 5) is 8.90. The summed E-state index contributed by atoms with van der Waals surface area (Å²) in [7, 11) is 0. The molecule has 8 heteroatoms. The van der Waals surface area contributed by atoms with Gasteiger partial charge in [0.15, 0.2) is 0 Å². The number of hydrogen-bond donors (Lipinski definition) is 3. The number of carboxylic acid groups (broad SMARTS) is 1.